The molecule has 0 amide bonds. The van der Waals surface area contributed by atoms with Crippen LogP contribution in [0.2, 0.25) is 0 Å². The smallest absolute Gasteiger partial charge is 0.311 e. The van der Waals surface area contributed by atoms with Gasteiger partial charge in [0.2, 0.25) is 0 Å². The van der Waals surface area contributed by atoms with Crippen LogP contribution < -0.4 is 0 Å². The monoisotopic (exact) mass is 870 g/mol. The quantitative estimate of drug-likeness (QED) is 0.180. The van der Waals surface area contributed by atoms with E-state index in [0.29, 0.717) is 25.9 Å². The first kappa shape index (κ1) is 48.9. The lowest BCUT2D eigenvalue weighted by atomic mass is 9.76. The number of fused-ring (bicyclic) bond motifs is 2. The second-order valence-electron chi connectivity index (χ2n) is 19.7. The second-order valence-corrected chi connectivity index (χ2v) is 19.7. The van der Waals surface area contributed by atoms with Crippen LogP contribution in [0.5, 0.6) is 0 Å². The van der Waals surface area contributed by atoms with Crippen molar-refractivity contribution in [3.05, 3.63) is 71.8 Å². The van der Waals surface area contributed by atoms with Gasteiger partial charge in [0.05, 0.1) is 53.7 Å². The summed E-state index contributed by atoms with van der Waals surface area (Å²) in [5.41, 5.74) is -1.60. The minimum atomic E-state index is -1.81. The number of hydrogen-bond acceptors (Lipinski definition) is 13. The third kappa shape index (κ3) is 10.3. The van der Waals surface area contributed by atoms with Crippen LogP contribution in [0.25, 0.3) is 0 Å². The number of aliphatic hydroxyl groups is 4. The number of ether oxygens (including phenoxy) is 7. The first-order chi connectivity index (χ1) is 29.2. The van der Waals surface area contributed by atoms with Gasteiger partial charge in [0.1, 0.15) is 23.9 Å². The first-order valence-electron chi connectivity index (χ1n) is 22.9. The van der Waals surface area contributed by atoms with Gasteiger partial charge in [-0.05, 0) is 77.8 Å². The van der Waals surface area contributed by atoms with Crippen LogP contribution in [0, 0.1) is 23.7 Å². The number of nitrogens with zero attached hydrogens (tertiary/aromatic N) is 1. The Labute approximate surface area is 369 Å². The van der Waals surface area contributed by atoms with Crippen LogP contribution in [-0.4, -0.2) is 129 Å². The molecule has 348 valence electrons. The van der Waals surface area contributed by atoms with Crippen molar-refractivity contribution in [1.82, 2.24) is 4.90 Å². The fourth-order valence-corrected chi connectivity index (χ4v) is 11.0. The highest BCUT2D eigenvalue weighted by molar-refractivity contribution is 5.73. The van der Waals surface area contributed by atoms with Crippen LogP contribution >= 0.6 is 0 Å². The Balaban J connectivity index is 1.40. The molecule has 13 nitrogen and oxygen atoms in total. The zero-order valence-electron chi connectivity index (χ0n) is 38.8. The van der Waals surface area contributed by atoms with E-state index < -0.39 is 102 Å². The van der Waals surface area contributed by atoms with E-state index in [1.54, 1.807) is 27.7 Å². The maximum absolute atomic E-state index is 14.6. The van der Waals surface area contributed by atoms with Crippen molar-refractivity contribution >= 4 is 5.97 Å². The van der Waals surface area contributed by atoms with Gasteiger partial charge in [0, 0.05) is 44.5 Å². The van der Waals surface area contributed by atoms with E-state index in [-0.39, 0.29) is 30.9 Å². The molecule has 4 aliphatic heterocycles. The molecule has 4 N–H and O–H groups in total. The largest absolute Gasteiger partial charge is 0.459 e. The predicted octanol–water partition coefficient (Wildman–Crippen LogP) is 5.76. The number of hydrogen-bond donors (Lipinski definition) is 4. The number of rotatable bonds is 13. The Morgan fingerprint density at radius 3 is 2.05 bits per heavy atom. The topological polar surface area (TPSA) is 166 Å². The molecule has 13 heteroatoms. The van der Waals surface area contributed by atoms with Crippen molar-refractivity contribution in [3.63, 3.8) is 0 Å². The zero-order valence-corrected chi connectivity index (χ0v) is 38.8. The molecule has 6 rings (SSSR count). The van der Waals surface area contributed by atoms with Gasteiger partial charge in [0.15, 0.2) is 12.6 Å². The molecule has 0 aromatic heterocycles. The number of benzene rings is 2. The third-order valence-electron chi connectivity index (χ3n) is 14.6. The molecule has 2 aromatic rings. The zero-order chi connectivity index (χ0) is 45.3. The number of esters is 1. The lowest BCUT2D eigenvalue weighted by molar-refractivity contribution is -0.319. The maximum atomic E-state index is 14.6. The lowest BCUT2D eigenvalue weighted by Gasteiger charge is -2.49. The summed E-state index contributed by atoms with van der Waals surface area (Å²) >= 11 is 0. The molecule has 4 saturated heterocycles. The lowest BCUT2D eigenvalue weighted by Crippen LogP contribution is -2.60. The van der Waals surface area contributed by atoms with Crippen LogP contribution in [-0.2, 0) is 51.0 Å². The number of carbonyl (C=O) groups is 1. The van der Waals surface area contributed by atoms with Crippen LogP contribution in [0.15, 0.2) is 60.7 Å². The van der Waals surface area contributed by atoms with Crippen molar-refractivity contribution in [1.29, 1.82) is 0 Å². The third-order valence-corrected chi connectivity index (χ3v) is 14.6. The van der Waals surface area contributed by atoms with Gasteiger partial charge < -0.3 is 53.6 Å². The maximum Gasteiger partial charge on any atom is 0.311 e. The molecule has 0 aliphatic carbocycles. The number of methoxy groups -OCH3 is 1. The summed E-state index contributed by atoms with van der Waals surface area (Å²) in [6.07, 6.45) is -8.04. The molecule has 2 bridgehead atoms. The molecular weight excluding hydrogens is 795 g/mol. The highest BCUT2D eigenvalue weighted by Crippen LogP contribution is 2.48. The summed E-state index contributed by atoms with van der Waals surface area (Å²) in [4.78, 5) is 16.9. The summed E-state index contributed by atoms with van der Waals surface area (Å²) in [5, 5.41) is 46.7. The van der Waals surface area contributed by atoms with Gasteiger partial charge in [0.25, 0.3) is 0 Å². The molecule has 0 saturated carbocycles. The molecule has 19 atom stereocenters. The molecule has 4 aliphatic rings. The summed E-state index contributed by atoms with van der Waals surface area (Å²) < 4.78 is 46.2. The van der Waals surface area contributed by atoms with E-state index in [9.17, 15) is 25.2 Å². The SMILES string of the molecule is CC[C@@H](O)[C@@](C)(O)[C@@H]1OC(=O)[C@H](C)[C@@H](O[C@H]2C[C@@](C)(OC)[C@@H](O)[C@H](C)O2)[C@H](C)[C@@H](O[C@@H]2O[C@H](C)C[C@H](N(Cc3ccccc3)Cc3ccccc3)[C@H]2O)[C@@]2(C)CC(C)C(O2)[C@@H]1C. The number of aliphatic hydroxyl groups excluding tert-OH is 3. The summed E-state index contributed by atoms with van der Waals surface area (Å²) in [6.45, 7) is 19.6. The van der Waals surface area contributed by atoms with E-state index in [4.69, 9.17) is 33.2 Å². The Hall–Kier alpha value is -2.53. The summed E-state index contributed by atoms with van der Waals surface area (Å²) in [5.74, 6) is -2.84. The van der Waals surface area contributed by atoms with E-state index in [0.717, 1.165) is 11.1 Å². The van der Waals surface area contributed by atoms with E-state index in [1.165, 1.54) is 14.0 Å². The van der Waals surface area contributed by atoms with Crippen LogP contribution in [0.1, 0.15) is 106 Å². The molecule has 4 heterocycles. The van der Waals surface area contributed by atoms with E-state index in [1.807, 2.05) is 64.1 Å². The minimum absolute atomic E-state index is 0.0946. The summed E-state index contributed by atoms with van der Waals surface area (Å²) in [7, 11) is 1.54. The first-order valence-corrected chi connectivity index (χ1v) is 22.9. The average Bonchev–Trinajstić information content (AvgIpc) is 3.56. The number of carbonyl (C=O) groups excluding carboxylic acids is 1. The van der Waals surface area contributed by atoms with Crippen LogP contribution in [0.4, 0.5) is 0 Å². The van der Waals surface area contributed by atoms with E-state index >= 15 is 0 Å². The van der Waals surface area contributed by atoms with Gasteiger partial charge >= 0.3 is 5.97 Å². The normalized spacial score (nSPS) is 42.1. The van der Waals surface area contributed by atoms with Crippen molar-refractivity contribution in [2.45, 2.75) is 198 Å². The molecule has 4 fully saturated rings. The average molecular weight is 870 g/mol. The molecule has 62 heavy (non-hydrogen) atoms. The molecule has 2 aromatic carbocycles. The van der Waals surface area contributed by atoms with Gasteiger partial charge in [-0.15, -0.1) is 0 Å². The Morgan fingerprint density at radius 1 is 0.887 bits per heavy atom. The standard InChI is InChI=1S/C49H75NO12/c1-12-37(51)49(10,55)44-30(4)40-28(2)24-48(9,62-40)43(31(5)41(32(6)45(54)60-44)59-38-25-47(8,56-11)42(53)33(7)58-38)61-46-39(52)36(23-29(3)57-46)50(26-34-19-15-13-16-20-34)27-35-21-17-14-18-22-35/h13-22,28-33,36-44,46,51-53,55H,12,23-27H2,1-11H3/t28?,29-,30+,31+,32-,33+,36+,37-,38+,39-,40?,41+,42+,43-,44-,46+,47-,48-,49-/m1/s1. The Bertz CT molecular complexity index is 1690. The second kappa shape index (κ2) is 19.9. The highest BCUT2D eigenvalue weighted by atomic mass is 16.7. The number of cyclic esters (lactones) is 1. The van der Waals surface area contributed by atoms with Crippen molar-refractivity contribution in [2.24, 2.45) is 23.7 Å². The highest BCUT2D eigenvalue weighted by Gasteiger charge is 2.59. The fraction of sp³-hybridized carbons (Fsp3) is 0.735. The Morgan fingerprint density at radius 2 is 1.48 bits per heavy atom. The van der Waals surface area contributed by atoms with Gasteiger partial charge in [-0.2, -0.15) is 0 Å². The van der Waals surface area contributed by atoms with Crippen molar-refractivity contribution in [3.8, 4) is 0 Å². The molecule has 0 radical (unpaired) electrons. The molecule has 0 spiro atoms. The minimum Gasteiger partial charge on any atom is -0.459 e. The predicted molar refractivity (Wildman–Crippen MR) is 232 cm³/mol. The summed E-state index contributed by atoms with van der Waals surface area (Å²) in [6, 6.07) is 20.1. The Kier molecular flexibility index (Phi) is 15.7. The van der Waals surface area contributed by atoms with E-state index in [2.05, 4.69) is 36.1 Å². The fourth-order valence-electron chi connectivity index (χ4n) is 11.0. The molecule has 2 unspecified atom stereocenters. The van der Waals surface area contributed by atoms with Gasteiger partial charge in [-0.1, -0.05) is 88.4 Å². The molecular formula is C49H75NO12. The van der Waals surface area contributed by atoms with Gasteiger partial charge in [-0.25, -0.2) is 0 Å². The van der Waals surface area contributed by atoms with Crippen LogP contribution in [0.3, 0.4) is 0 Å². The van der Waals surface area contributed by atoms with Crippen molar-refractivity contribution in [2.75, 3.05) is 7.11 Å². The van der Waals surface area contributed by atoms with Crippen molar-refractivity contribution < 1.29 is 58.4 Å². The van der Waals surface area contributed by atoms with Gasteiger partial charge in [-0.3, -0.25) is 9.69 Å².